The van der Waals surface area contributed by atoms with Crippen molar-refractivity contribution in [1.82, 2.24) is 10.6 Å². The number of halogens is 3. The minimum atomic E-state index is -1.96. The zero-order valence-electron chi connectivity index (χ0n) is 17.1. The number of hydrogen-bond donors (Lipinski definition) is 3. The minimum Gasteiger partial charge on any atom is -0.462 e. The molecule has 12 heteroatoms. The van der Waals surface area contributed by atoms with Crippen molar-refractivity contribution in [3.05, 3.63) is 65.4 Å². The molecule has 2 aromatic heterocycles. The van der Waals surface area contributed by atoms with Crippen LogP contribution < -0.4 is 16.0 Å². The fraction of sp³-hybridized carbons (Fsp3) is 0.190. The number of nitrogens with one attached hydrogen (secondary N) is 3. The van der Waals surface area contributed by atoms with Gasteiger partial charge in [-0.1, -0.05) is 65.1 Å². The third-order valence-corrected chi connectivity index (χ3v) is 5.98. The molecule has 0 aliphatic heterocycles. The molecule has 0 saturated heterocycles. The Morgan fingerprint density at radius 2 is 1.88 bits per heavy atom. The van der Waals surface area contributed by atoms with E-state index in [1.54, 1.807) is 13.0 Å². The van der Waals surface area contributed by atoms with E-state index in [1.165, 1.54) is 23.7 Å². The SMILES string of the molecule is CCOC(=O)c1c(-c2ccccc2)csc1NC(=S)NC(NC(=O)c1ccco1)C(Cl)(Cl)Cl. The Morgan fingerprint density at radius 1 is 1.15 bits per heavy atom. The predicted molar refractivity (Wildman–Crippen MR) is 135 cm³/mol. The zero-order chi connectivity index (χ0) is 24.0. The van der Waals surface area contributed by atoms with Crippen LogP contribution in [0.2, 0.25) is 0 Å². The van der Waals surface area contributed by atoms with Crippen LogP contribution in [0, 0.1) is 0 Å². The molecule has 3 aromatic rings. The maximum absolute atomic E-state index is 12.7. The monoisotopic (exact) mass is 545 g/mol. The Bertz CT molecular complexity index is 1120. The molecule has 0 bridgehead atoms. The molecule has 0 aliphatic rings. The van der Waals surface area contributed by atoms with E-state index in [-0.39, 0.29) is 17.5 Å². The molecule has 0 spiro atoms. The van der Waals surface area contributed by atoms with E-state index in [1.807, 2.05) is 35.7 Å². The van der Waals surface area contributed by atoms with Crippen LogP contribution in [0.25, 0.3) is 11.1 Å². The summed E-state index contributed by atoms with van der Waals surface area (Å²) < 4.78 is 8.33. The van der Waals surface area contributed by atoms with Crippen molar-refractivity contribution in [3.8, 4) is 11.1 Å². The van der Waals surface area contributed by atoms with Crippen LogP contribution in [-0.2, 0) is 4.74 Å². The van der Waals surface area contributed by atoms with Gasteiger partial charge in [-0.2, -0.15) is 0 Å². The molecule has 0 aliphatic carbocycles. The number of carbonyl (C=O) groups excluding carboxylic acids is 2. The van der Waals surface area contributed by atoms with Crippen molar-refractivity contribution in [1.29, 1.82) is 0 Å². The standard InChI is InChI=1S/C21H18Cl3N3O4S2/c1-2-30-18(29)15-13(12-7-4-3-5-8-12)11-33-17(15)26-20(32)27-19(21(22,23)24)25-16(28)14-9-6-10-31-14/h3-11,19H,2H2,1H3,(H,25,28)(H2,26,27,32). The van der Waals surface area contributed by atoms with Gasteiger partial charge in [0, 0.05) is 10.9 Å². The molecule has 2 heterocycles. The van der Waals surface area contributed by atoms with Crippen LogP contribution >= 0.6 is 58.4 Å². The number of thiocarbonyl (C=S) groups is 1. The number of thiophene rings is 1. The van der Waals surface area contributed by atoms with Gasteiger partial charge >= 0.3 is 5.97 Å². The molecule has 174 valence electrons. The summed E-state index contributed by atoms with van der Waals surface area (Å²) in [6, 6.07) is 12.4. The second kappa shape index (κ2) is 11.2. The van der Waals surface area contributed by atoms with Gasteiger partial charge < -0.3 is 25.1 Å². The first kappa shape index (κ1) is 25.3. The Morgan fingerprint density at radius 3 is 2.48 bits per heavy atom. The average molecular weight is 547 g/mol. The molecule has 1 atom stereocenters. The lowest BCUT2D eigenvalue weighted by Gasteiger charge is -2.27. The van der Waals surface area contributed by atoms with E-state index in [0.717, 1.165) is 5.56 Å². The van der Waals surface area contributed by atoms with Crippen LogP contribution in [0.1, 0.15) is 27.8 Å². The van der Waals surface area contributed by atoms with Crippen LogP contribution in [-0.4, -0.2) is 33.6 Å². The van der Waals surface area contributed by atoms with E-state index >= 15 is 0 Å². The van der Waals surface area contributed by atoms with Gasteiger partial charge in [0.2, 0.25) is 3.79 Å². The highest BCUT2D eigenvalue weighted by atomic mass is 35.6. The number of carbonyl (C=O) groups is 2. The first-order chi connectivity index (χ1) is 15.7. The van der Waals surface area contributed by atoms with Crippen LogP contribution in [0.15, 0.2) is 58.5 Å². The number of hydrogen-bond acceptors (Lipinski definition) is 6. The maximum Gasteiger partial charge on any atom is 0.341 e. The number of anilines is 1. The average Bonchev–Trinajstić information content (AvgIpc) is 3.44. The smallest absolute Gasteiger partial charge is 0.341 e. The molecule has 3 N–H and O–H groups in total. The molecule has 0 radical (unpaired) electrons. The molecule has 3 rings (SSSR count). The summed E-state index contributed by atoms with van der Waals surface area (Å²) in [6.07, 6.45) is 0.136. The van der Waals surface area contributed by atoms with Crippen molar-refractivity contribution >= 4 is 80.3 Å². The molecule has 1 unspecified atom stereocenters. The first-order valence-corrected chi connectivity index (χ1v) is 12.0. The van der Waals surface area contributed by atoms with Gasteiger partial charge in [-0.05, 0) is 36.8 Å². The molecule has 1 amide bonds. The normalized spacial score (nSPS) is 12.0. The number of esters is 1. The molecule has 7 nitrogen and oxygen atoms in total. The second-order valence-corrected chi connectivity index (χ2v) is 10.1. The molecule has 1 aromatic carbocycles. The van der Waals surface area contributed by atoms with E-state index in [9.17, 15) is 9.59 Å². The van der Waals surface area contributed by atoms with E-state index < -0.39 is 21.8 Å². The lowest BCUT2D eigenvalue weighted by Crippen LogP contribution is -2.56. The number of ether oxygens (including phenoxy) is 1. The number of furan rings is 1. The number of amides is 1. The summed E-state index contributed by atoms with van der Waals surface area (Å²) in [4.78, 5) is 25.0. The van der Waals surface area contributed by atoms with Crippen molar-refractivity contribution in [3.63, 3.8) is 0 Å². The number of rotatable bonds is 7. The zero-order valence-corrected chi connectivity index (χ0v) is 21.0. The van der Waals surface area contributed by atoms with Gasteiger partial charge in [0.15, 0.2) is 10.9 Å². The van der Waals surface area contributed by atoms with Crippen molar-refractivity contribution in [2.24, 2.45) is 0 Å². The Kier molecular flexibility index (Phi) is 8.61. The van der Waals surface area contributed by atoms with Crippen molar-refractivity contribution in [2.45, 2.75) is 16.9 Å². The van der Waals surface area contributed by atoms with Gasteiger partial charge in [0.1, 0.15) is 16.7 Å². The van der Waals surface area contributed by atoms with Gasteiger partial charge in [-0.25, -0.2) is 4.79 Å². The lowest BCUT2D eigenvalue weighted by molar-refractivity contribution is 0.0529. The second-order valence-electron chi connectivity index (χ2n) is 6.46. The van der Waals surface area contributed by atoms with Gasteiger partial charge in [-0.3, -0.25) is 4.79 Å². The van der Waals surface area contributed by atoms with Gasteiger partial charge in [-0.15, -0.1) is 11.3 Å². The highest BCUT2D eigenvalue weighted by Crippen LogP contribution is 2.36. The number of benzene rings is 1. The highest BCUT2D eigenvalue weighted by Gasteiger charge is 2.35. The molecule has 0 saturated carbocycles. The molecule has 0 fully saturated rings. The Balaban J connectivity index is 1.81. The summed E-state index contributed by atoms with van der Waals surface area (Å²) in [5.74, 6) is -1.08. The van der Waals surface area contributed by atoms with Crippen molar-refractivity contribution < 1.29 is 18.7 Å². The lowest BCUT2D eigenvalue weighted by atomic mass is 10.0. The largest absolute Gasteiger partial charge is 0.462 e. The maximum atomic E-state index is 12.7. The van der Waals surface area contributed by atoms with Crippen LogP contribution in [0.5, 0.6) is 0 Å². The van der Waals surface area contributed by atoms with Gasteiger partial charge in [0.25, 0.3) is 5.91 Å². The molecule has 33 heavy (non-hydrogen) atoms. The molecular formula is C21H18Cl3N3O4S2. The first-order valence-electron chi connectivity index (χ1n) is 9.53. The third-order valence-electron chi connectivity index (χ3n) is 4.21. The van der Waals surface area contributed by atoms with E-state index in [4.69, 9.17) is 56.2 Å². The Labute approximate surface area is 214 Å². The summed E-state index contributed by atoms with van der Waals surface area (Å²) >= 11 is 24.7. The predicted octanol–water partition coefficient (Wildman–Crippen LogP) is 5.60. The van der Waals surface area contributed by atoms with E-state index in [0.29, 0.717) is 16.1 Å². The highest BCUT2D eigenvalue weighted by molar-refractivity contribution is 7.80. The quantitative estimate of drug-likeness (QED) is 0.154. The van der Waals surface area contributed by atoms with Crippen LogP contribution in [0.3, 0.4) is 0 Å². The summed E-state index contributed by atoms with van der Waals surface area (Å²) in [6.45, 7) is 1.93. The minimum absolute atomic E-state index is 0.0121. The topological polar surface area (TPSA) is 92.6 Å². The Hall–Kier alpha value is -2.30. The summed E-state index contributed by atoms with van der Waals surface area (Å²) in [7, 11) is 0. The van der Waals surface area contributed by atoms with Gasteiger partial charge in [0.05, 0.1) is 12.9 Å². The number of alkyl halides is 3. The summed E-state index contributed by atoms with van der Waals surface area (Å²) in [5.41, 5.74) is 1.85. The summed E-state index contributed by atoms with van der Waals surface area (Å²) in [5, 5.41) is 10.5. The third kappa shape index (κ3) is 6.61. The van der Waals surface area contributed by atoms with Crippen LogP contribution in [0.4, 0.5) is 5.00 Å². The van der Waals surface area contributed by atoms with Crippen molar-refractivity contribution in [2.75, 3.05) is 11.9 Å². The fourth-order valence-corrected chi connectivity index (χ4v) is 4.34. The fourth-order valence-electron chi connectivity index (χ4n) is 2.77. The van der Waals surface area contributed by atoms with E-state index in [2.05, 4.69) is 16.0 Å². The molecular weight excluding hydrogens is 529 g/mol.